The van der Waals surface area contributed by atoms with Gasteiger partial charge in [0.1, 0.15) is 0 Å². The maximum atomic E-state index is 12.8. The van der Waals surface area contributed by atoms with Crippen molar-refractivity contribution in [1.29, 1.82) is 0 Å². The Balaban J connectivity index is 1.86. The number of rotatable bonds is 3. The van der Waals surface area contributed by atoms with Crippen LogP contribution in [0.5, 0.6) is 0 Å². The smallest absolute Gasteiger partial charge is 0.166 e. The van der Waals surface area contributed by atoms with E-state index >= 15 is 0 Å². The molecule has 0 fully saturated rings. The standard InChI is InChI=1S/C15H9Cl2F3N4/c16-12-5-4-10(13(17)7-12)8-24-22-14(21-23-24)9-2-1-3-11(6-9)15(18,19)20/h1-7H,8H2. The normalized spacial score (nSPS) is 11.7. The summed E-state index contributed by atoms with van der Waals surface area (Å²) in [6.07, 6.45) is -4.43. The Morgan fingerprint density at radius 2 is 1.83 bits per heavy atom. The fourth-order valence-corrected chi connectivity index (χ4v) is 2.53. The third kappa shape index (κ3) is 3.68. The number of hydrogen-bond donors (Lipinski definition) is 0. The molecular weight excluding hydrogens is 364 g/mol. The van der Waals surface area contributed by atoms with Crippen molar-refractivity contribution in [2.75, 3.05) is 0 Å². The van der Waals surface area contributed by atoms with Crippen LogP contribution in [0, 0.1) is 0 Å². The minimum absolute atomic E-state index is 0.103. The van der Waals surface area contributed by atoms with Crippen molar-refractivity contribution < 1.29 is 13.2 Å². The average molecular weight is 373 g/mol. The second-order valence-electron chi connectivity index (χ2n) is 4.96. The number of hydrogen-bond acceptors (Lipinski definition) is 3. The van der Waals surface area contributed by atoms with Crippen LogP contribution >= 0.6 is 23.2 Å². The van der Waals surface area contributed by atoms with Crippen LogP contribution in [0.25, 0.3) is 11.4 Å². The van der Waals surface area contributed by atoms with Crippen molar-refractivity contribution in [2.45, 2.75) is 12.7 Å². The zero-order chi connectivity index (χ0) is 17.3. The van der Waals surface area contributed by atoms with Crippen molar-refractivity contribution in [3.05, 3.63) is 63.6 Å². The number of nitrogens with zero attached hydrogens (tertiary/aromatic N) is 4. The van der Waals surface area contributed by atoms with Crippen LogP contribution in [0.15, 0.2) is 42.5 Å². The molecule has 0 unspecified atom stereocenters. The molecule has 0 atom stereocenters. The lowest BCUT2D eigenvalue weighted by Crippen LogP contribution is -2.05. The first-order chi connectivity index (χ1) is 11.3. The monoisotopic (exact) mass is 372 g/mol. The summed E-state index contributed by atoms with van der Waals surface area (Å²) >= 11 is 11.9. The van der Waals surface area contributed by atoms with Crippen LogP contribution in [0.3, 0.4) is 0 Å². The predicted octanol–water partition coefficient (Wildman–Crippen LogP) is 4.71. The summed E-state index contributed by atoms with van der Waals surface area (Å²) in [5.74, 6) is 0.103. The molecule has 2 aromatic carbocycles. The van der Waals surface area contributed by atoms with E-state index in [4.69, 9.17) is 23.2 Å². The Morgan fingerprint density at radius 1 is 1.04 bits per heavy atom. The van der Waals surface area contributed by atoms with Crippen LogP contribution in [0.4, 0.5) is 13.2 Å². The molecule has 0 saturated heterocycles. The quantitative estimate of drug-likeness (QED) is 0.668. The molecule has 3 rings (SSSR count). The first-order valence-corrected chi connectivity index (χ1v) is 7.48. The highest BCUT2D eigenvalue weighted by atomic mass is 35.5. The highest BCUT2D eigenvalue weighted by Gasteiger charge is 2.30. The first kappa shape index (κ1) is 16.7. The molecule has 0 radical (unpaired) electrons. The highest BCUT2D eigenvalue weighted by molar-refractivity contribution is 6.35. The fourth-order valence-electron chi connectivity index (χ4n) is 2.06. The Hall–Kier alpha value is -2.12. The summed E-state index contributed by atoms with van der Waals surface area (Å²) in [7, 11) is 0. The molecule has 0 saturated carbocycles. The van der Waals surface area contributed by atoms with E-state index in [0.717, 1.165) is 12.1 Å². The molecular formula is C15H9Cl2F3N4. The molecule has 9 heteroatoms. The Morgan fingerprint density at radius 3 is 2.54 bits per heavy atom. The van der Waals surface area contributed by atoms with E-state index in [1.165, 1.54) is 16.9 Å². The summed E-state index contributed by atoms with van der Waals surface area (Å²) in [5.41, 5.74) is 0.185. The van der Waals surface area contributed by atoms with E-state index < -0.39 is 11.7 Å². The zero-order valence-corrected chi connectivity index (χ0v) is 13.4. The van der Waals surface area contributed by atoms with Gasteiger partial charge >= 0.3 is 6.18 Å². The summed E-state index contributed by atoms with van der Waals surface area (Å²) < 4.78 is 38.3. The molecule has 1 heterocycles. The van der Waals surface area contributed by atoms with Gasteiger partial charge in [-0.25, -0.2) is 0 Å². The number of aromatic nitrogens is 4. The van der Waals surface area contributed by atoms with E-state index in [1.54, 1.807) is 18.2 Å². The van der Waals surface area contributed by atoms with Gasteiger partial charge in [-0.2, -0.15) is 18.0 Å². The maximum Gasteiger partial charge on any atom is 0.416 e. The molecule has 0 aliphatic carbocycles. The molecule has 0 amide bonds. The van der Waals surface area contributed by atoms with Gasteiger partial charge < -0.3 is 0 Å². The van der Waals surface area contributed by atoms with Gasteiger partial charge in [-0.3, -0.25) is 0 Å². The molecule has 0 aliphatic heterocycles. The molecule has 3 aromatic rings. The molecule has 0 N–H and O–H groups in total. The van der Waals surface area contributed by atoms with E-state index in [0.29, 0.717) is 15.6 Å². The summed E-state index contributed by atoms with van der Waals surface area (Å²) in [4.78, 5) is 1.25. The van der Waals surface area contributed by atoms with Crippen molar-refractivity contribution in [3.8, 4) is 11.4 Å². The van der Waals surface area contributed by atoms with Gasteiger partial charge in [0, 0.05) is 15.6 Å². The van der Waals surface area contributed by atoms with Gasteiger partial charge in [0.15, 0.2) is 0 Å². The second-order valence-corrected chi connectivity index (χ2v) is 5.80. The van der Waals surface area contributed by atoms with Crippen LogP contribution < -0.4 is 0 Å². The Labute approximate surface area is 144 Å². The number of halogens is 5. The van der Waals surface area contributed by atoms with Gasteiger partial charge in [0.05, 0.1) is 12.1 Å². The number of tetrazole rings is 1. The summed E-state index contributed by atoms with van der Waals surface area (Å²) in [5, 5.41) is 12.7. The number of alkyl halides is 3. The summed E-state index contributed by atoms with van der Waals surface area (Å²) in [6, 6.07) is 9.74. The van der Waals surface area contributed by atoms with Crippen molar-refractivity contribution in [1.82, 2.24) is 20.2 Å². The fraction of sp³-hybridized carbons (Fsp3) is 0.133. The zero-order valence-electron chi connectivity index (χ0n) is 11.9. The third-order valence-corrected chi connectivity index (χ3v) is 3.81. The van der Waals surface area contributed by atoms with Gasteiger partial charge in [-0.05, 0) is 35.0 Å². The SMILES string of the molecule is FC(F)(F)c1cccc(-c2nnn(Cc3ccc(Cl)cc3Cl)n2)c1. The van der Waals surface area contributed by atoms with Gasteiger partial charge in [0.2, 0.25) is 5.82 Å². The molecule has 4 nitrogen and oxygen atoms in total. The third-order valence-electron chi connectivity index (χ3n) is 3.23. The minimum atomic E-state index is -4.43. The van der Waals surface area contributed by atoms with E-state index in [9.17, 15) is 13.2 Å². The van der Waals surface area contributed by atoms with Crippen molar-refractivity contribution in [3.63, 3.8) is 0 Å². The average Bonchev–Trinajstić information content (AvgIpc) is 2.98. The molecule has 0 aliphatic rings. The largest absolute Gasteiger partial charge is 0.416 e. The highest BCUT2D eigenvalue weighted by Crippen LogP contribution is 2.31. The maximum absolute atomic E-state index is 12.8. The van der Waals surface area contributed by atoms with Crippen LogP contribution in [0.1, 0.15) is 11.1 Å². The first-order valence-electron chi connectivity index (χ1n) is 6.72. The van der Waals surface area contributed by atoms with Gasteiger partial charge in [0.25, 0.3) is 0 Å². The van der Waals surface area contributed by atoms with Gasteiger partial charge in [-0.15, -0.1) is 10.2 Å². The van der Waals surface area contributed by atoms with E-state index in [-0.39, 0.29) is 17.9 Å². The summed E-state index contributed by atoms with van der Waals surface area (Å²) in [6.45, 7) is 0.224. The van der Waals surface area contributed by atoms with Crippen LogP contribution in [0.2, 0.25) is 10.0 Å². The molecule has 0 bridgehead atoms. The lowest BCUT2D eigenvalue weighted by molar-refractivity contribution is -0.137. The topological polar surface area (TPSA) is 43.6 Å². The van der Waals surface area contributed by atoms with Gasteiger partial charge in [-0.1, -0.05) is 41.4 Å². The Kier molecular flexibility index (Phi) is 4.47. The van der Waals surface area contributed by atoms with E-state index in [1.807, 2.05) is 0 Å². The lowest BCUT2D eigenvalue weighted by atomic mass is 10.1. The molecule has 0 spiro atoms. The number of benzene rings is 2. The predicted molar refractivity (Wildman–Crippen MR) is 83.8 cm³/mol. The van der Waals surface area contributed by atoms with Crippen LogP contribution in [-0.2, 0) is 12.7 Å². The van der Waals surface area contributed by atoms with E-state index in [2.05, 4.69) is 15.4 Å². The van der Waals surface area contributed by atoms with Crippen LogP contribution in [-0.4, -0.2) is 20.2 Å². The molecule has 1 aromatic heterocycles. The van der Waals surface area contributed by atoms with Crippen molar-refractivity contribution in [2.24, 2.45) is 0 Å². The Bertz CT molecular complexity index is 877. The molecule has 24 heavy (non-hydrogen) atoms. The molecule has 124 valence electrons. The van der Waals surface area contributed by atoms with Crippen molar-refractivity contribution >= 4 is 23.2 Å². The lowest BCUT2D eigenvalue weighted by Gasteiger charge is -2.06. The minimum Gasteiger partial charge on any atom is -0.166 e. The second kappa shape index (κ2) is 6.41.